The van der Waals surface area contributed by atoms with E-state index in [0.717, 1.165) is 12.1 Å². The van der Waals surface area contributed by atoms with Crippen LogP contribution in [-0.4, -0.2) is 33.6 Å². The number of hydrogen-bond acceptors (Lipinski definition) is 5. The summed E-state index contributed by atoms with van der Waals surface area (Å²) in [6, 6.07) is 7.13. The Morgan fingerprint density at radius 2 is 1.83 bits per heavy atom. The molecule has 0 aromatic heterocycles. The van der Waals surface area contributed by atoms with Gasteiger partial charge in [0.2, 0.25) is 0 Å². The summed E-state index contributed by atoms with van der Waals surface area (Å²) >= 11 is 0. The number of benzene rings is 1. The highest BCUT2D eigenvalue weighted by atomic mass is 32.2. The maximum Gasteiger partial charge on any atom is 0.534 e. The lowest BCUT2D eigenvalue weighted by Gasteiger charge is -2.44. The van der Waals surface area contributed by atoms with E-state index in [0.29, 0.717) is 18.7 Å². The predicted octanol–water partition coefficient (Wildman–Crippen LogP) is 3.04. The molecule has 1 aliphatic carbocycles. The molecule has 2 aliphatic heterocycles. The molecule has 0 amide bonds. The number of methoxy groups -OCH3 is 1. The van der Waals surface area contributed by atoms with Crippen molar-refractivity contribution in [3.05, 3.63) is 36.1 Å². The second-order valence-corrected chi connectivity index (χ2v) is 7.28. The lowest BCUT2D eigenvalue weighted by atomic mass is 9.84. The van der Waals surface area contributed by atoms with Gasteiger partial charge in [-0.25, -0.2) is 0 Å². The molecule has 0 spiro atoms. The first-order valence-electron chi connectivity index (χ1n) is 7.34. The van der Waals surface area contributed by atoms with E-state index in [1.165, 1.54) is 6.08 Å². The van der Waals surface area contributed by atoms with Crippen LogP contribution in [0.1, 0.15) is 12.8 Å². The first-order chi connectivity index (χ1) is 11.2. The highest BCUT2D eigenvalue weighted by molar-refractivity contribution is 7.87. The van der Waals surface area contributed by atoms with Gasteiger partial charge in [0.25, 0.3) is 0 Å². The minimum absolute atomic E-state index is 0.103. The Morgan fingerprint density at radius 1 is 1.17 bits per heavy atom. The molecule has 5 nitrogen and oxygen atoms in total. The molecule has 132 valence electrons. The number of anilines is 1. The monoisotopic (exact) mass is 363 g/mol. The molecule has 0 saturated carbocycles. The zero-order valence-electron chi connectivity index (χ0n) is 12.8. The minimum Gasteiger partial charge on any atom is -0.497 e. The molecule has 2 unspecified atom stereocenters. The van der Waals surface area contributed by atoms with Gasteiger partial charge in [0.15, 0.2) is 0 Å². The molecular formula is C15H16F3NO4S. The summed E-state index contributed by atoms with van der Waals surface area (Å²) in [4.78, 5) is 2.03. The fourth-order valence-electron chi connectivity index (χ4n) is 3.06. The molecule has 0 N–H and O–H groups in total. The summed E-state index contributed by atoms with van der Waals surface area (Å²) in [7, 11) is -4.05. The normalized spacial score (nSPS) is 23.8. The highest BCUT2D eigenvalue weighted by Crippen LogP contribution is 2.40. The van der Waals surface area contributed by atoms with Crippen molar-refractivity contribution in [1.82, 2.24) is 0 Å². The quantitative estimate of drug-likeness (QED) is 0.608. The lowest BCUT2D eigenvalue weighted by molar-refractivity contribution is -0.0529. The van der Waals surface area contributed by atoms with E-state index in [9.17, 15) is 21.6 Å². The van der Waals surface area contributed by atoms with E-state index in [1.54, 1.807) is 19.2 Å². The third kappa shape index (κ3) is 3.04. The van der Waals surface area contributed by atoms with Crippen molar-refractivity contribution < 1.29 is 30.5 Å². The average Bonchev–Trinajstić information content (AvgIpc) is 2.54. The van der Waals surface area contributed by atoms with E-state index >= 15 is 0 Å². The van der Waals surface area contributed by atoms with Gasteiger partial charge in [-0.3, -0.25) is 0 Å². The number of hydrogen-bond donors (Lipinski definition) is 0. The Labute approximate surface area is 137 Å². The van der Waals surface area contributed by atoms with Crippen molar-refractivity contribution in [3.63, 3.8) is 0 Å². The summed E-state index contributed by atoms with van der Waals surface area (Å²) < 4.78 is 69.3. The lowest BCUT2D eigenvalue weighted by Crippen LogP contribution is -2.48. The van der Waals surface area contributed by atoms with E-state index in [1.807, 2.05) is 17.0 Å². The van der Waals surface area contributed by atoms with Crippen LogP contribution in [0.3, 0.4) is 0 Å². The predicted molar refractivity (Wildman–Crippen MR) is 81.0 cm³/mol. The Hall–Kier alpha value is -1.90. The smallest absolute Gasteiger partial charge is 0.497 e. The summed E-state index contributed by atoms with van der Waals surface area (Å²) in [5.41, 5.74) is -4.51. The molecule has 0 radical (unpaired) electrons. The van der Waals surface area contributed by atoms with Crippen LogP contribution in [0.2, 0.25) is 0 Å². The largest absolute Gasteiger partial charge is 0.534 e. The van der Waals surface area contributed by atoms with Gasteiger partial charge in [0.1, 0.15) is 11.5 Å². The molecular weight excluding hydrogens is 347 g/mol. The molecule has 3 aliphatic rings. The highest BCUT2D eigenvalue weighted by Gasteiger charge is 2.50. The molecule has 1 fully saturated rings. The second-order valence-electron chi connectivity index (χ2n) is 5.74. The van der Waals surface area contributed by atoms with Crippen LogP contribution >= 0.6 is 0 Å². The van der Waals surface area contributed by atoms with Crippen LogP contribution in [0.15, 0.2) is 36.1 Å². The fraction of sp³-hybridized carbons (Fsp3) is 0.467. The van der Waals surface area contributed by atoms with E-state index in [4.69, 9.17) is 4.74 Å². The standard InChI is InChI=1S/C15H16F3NO4S/c1-22-13-6-4-11(5-7-13)19-9-10-2-3-12(19)8-14(10)23-24(20,21)15(16,17)18/h4-8,10,12H,2-3,9H2,1H3. The molecule has 9 heteroatoms. The summed E-state index contributed by atoms with van der Waals surface area (Å²) in [5, 5.41) is 0. The number of nitrogens with zero attached hydrogens (tertiary/aromatic N) is 1. The van der Waals surface area contributed by atoms with Crippen LogP contribution in [0.5, 0.6) is 5.75 Å². The van der Waals surface area contributed by atoms with Gasteiger partial charge in [-0.05, 0) is 43.2 Å². The van der Waals surface area contributed by atoms with Gasteiger partial charge in [0, 0.05) is 18.2 Å². The molecule has 4 rings (SSSR count). The summed E-state index contributed by atoms with van der Waals surface area (Å²) in [6.45, 7) is 0.413. The maximum absolute atomic E-state index is 12.5. The number of rotatable bonds is 4. The van der Waals surface area contributed by atoms with Crippen LogP contribution in [0, 0.1) is 5.92 Å². The van der Waals surface area contributed by atoms with Crippen molar-refractivity contribution in [2.45, 2.75) is 24.4 Å². The Balaban J connectivity index is 1.81. The topological polar surface area (TPSA) is 55.8 Å². The van der Waals surface area contributed by atoms with Gasteiger partial charge >= 0.3 is 15.6 Å². The van der Waals surface area contributed by atoms with Crippen molar-refractivity contribution in [2.75, 3.05) is 18.6 Å². The van der Waals surface area contributed by atoms with E-state index in [-0.39, 0.29) is 17.7 Å². The molecule has 1 aromatic rings. The third-order valence-electron chi connectivity index (χ3n) is 4.28. The molecule has 24 heavy (non-hydrogen) atoms. The van der Waals surface area contributed by atoms with Crippen molar-refractivity contribution in [2.24, 2.45) is 5.92 Å². The first kappa shape index (κ1) is 16.9. The van der Waals surface area contributed by atoms with Gasteiger partial charge in [-0.15, -0.1) is 0 Å². The molecule has 1 saturated heterocycles. The SMILES string of the molecule is COc1ccc(N2CC3CCC2C=C3OS(=O)(=O)C(F)(F)F)cc1. The molecule has 2 heterocycles. The van der Waals surface area contributed by atoms with Gasteiger partial charge in [0.05, 0.1) is 13.2 Å². The van der Waals surface area contributed by atoms with Crippen molar-refractivity contribution >= 4 is 15.8 Å². The van der Waals surface area contributed by atoms with Gasteiger partial charge < -0.3 is 13.8 Å². The minimum atomic E-state index is -5.61. The number of ether oxygens (including phenoxy) is 1. The number of alkyl halides is 3. The van der Waals surface area contributed by atoms with Gasteiger partial charge in [-0.2, -0.15) is 21.6 Å². The third-order valence-corrected chi connectivity index (χ3v) is 5.26. The van der Waals surface area contributed by atoms with Gasteiger partial charge in [-0.1, -0.05) is 0 Å². The number of fused-ring (bicyclic) bond motifs is 2. The first-order valence-corrected chi connectivity index (χ1v) is 8.75. The zero-order valence-corrected chi connectivity index (χ0v) is 13.6. The van der Waals surface area contributed by atoms with E-state index in [2.05, 4.69) is 4.18 Å². The van der Waals surface area contributed by atoms with Crippen molar-refractivity contribution in [3.8, 4) is 5.75 Å². The summed E-state index contributed by atoms with van der Waals surface area (Å²) in [5.74, 6) is 0.222. The van der Waals surface area contributed by atoms with E-state index < -0.39 is 15.6 Å². The Morgan fingerprint density at radius 3 is 2.33 bits per heavy atom. The van der Waals surface area contributed by atoms with Crippen molar-refractivity contribution in [1.29, 1.82) is 0 Å². The maximum atomic E-state index is 12.5. The van der Waals surface area contributed by atoms with Crippen LogP contribution in [0.25, 0.3) is 0 Å². The fourth-order valence-corrected chi connectivity index (χ4v) is 3.60. The molecule has 1 aromatic carbocycles. The number of piperidine rings is 1. The second kappa shape index (κ2) is 5.87. The van der Waals surface area contributed by atoms with Crippen LogP contribution in [0.4, 0.5) is 18.9 Å². The Kier molecular flexibility index (Phi) is 4.15. The van der Waals surface area contributed by atoms with Crippen LogP contribution in [-0.2, 0) is 14.3 Å². The Bertz CT molecular complexity index is 743. The number of halogens is 3. The summed E-state index contributed by atoms with van der Waals surface area (Å²) in [6.07, 6.45) is 2.80. The molecule has 2 bridgehead atoms. The van der Waals surface area contributed by atoms with Crippen LogP contribution < -0.4 is 9.64 Å². The zero-order chi connectivity index (χ0) is 17.5. The average molecular weight is 363 g/mol. The molecule has 2 atom stereocenters.